The molecule has 110 valence electrons. The summed E-state index contributed by atoms with van der Waals surface area (Å²) in [6, 6.07) is 8.37. The molecule has 20 heavy (non-hydrogen) atoms. The number of hydrogen-bond acceptors (Lipinski definition) is 3. The monoisotopic (exact) mass is 277 g/mol. The van der Waals surface area contributed by atoms with Gasteiger partial charge in [-0.05, 0) is 24.1 Å². The summed E-state index contributed by atoms with van der Waals surface area (Å²) in [6.07, 6.45) is 1.02. The summed E-state index contributed by atoms with van der Waals surface area (Å²) < 4.78 is 5.89. The first-order valence-corrected chi connectivity index (χ1v) is 7.26. The second kappa shape index (κ2) is 6.86. The van der Waals surface area contributed by atoms with Crippen LogP contribution < -0.4 is 0 Å². The molecule has 0 fully saturated rings. The van der Waals surface area contributed by atoms with Gasteiger partial charge < -0.3 is 9.84 Å². The topological polar surface area (TPSA) is 49.8 Å². The number of ether oxygens (including phenoxy) is 1. The third-order valence-corrected chi connectivity index (χ3v) is 3.92. The van der Waals surface area contributed by atoms with Crippen molar-refractivity contribution < 1.29 is 14.6 Å². The minimum absolute atomic E-state index is 0.0564. The van der Waals surface area contributed by atoms with Crippen molar-refractivity contribution in [3.63, 3.8) is 0 Å². The van der Waals surface area contributed by atoms with E-state index in [1.807, 2.05) is 6.07 Å². The van der Waals surface area contributed by atoms with Crippen molar-refractivity contribution in [3.05, 3.63) is 35.4 Å². The quantitative estimate of drug-likeness (QED) is 0.867. The molecule has 2 rings (SSSR count). The van der Waals surface area contributed by atoms with E-state index in [0.717, 1.165) is 26.1 Å². The van der Waals surface area contributed by atoms with Crippen LogP contribution in [0.3, 0.4) is 0 Å². The maximum absolute atomic E-state index is 11.0. The number of rotatable bonds is 6. The molecule has 0 radical (unpaired) electrons. The van der Waals surface area contributed by atoms with E-state index in [2.05, 4.69) is 30.0 Å². The summed E-state index contributed by atoms with van der Waals surface area (Å²) in [4.78, 5) is 13.1. The summed E-state index contributed by atoms with van der Waals surface area (Å²) in [5.41, 5.74) is 2.60. The van der Waals surface area contributed by atoms with Crippen LogP contribution >= 0.6 is 0 Å². The van der Waals surface area contributed by atoms with Crippen LogP contribution in [0.25, 0.3) is 0 Å². The van der Waals surface area contributed by atoms with Gasteiger partial charge >= 0.3 is 5.97 Å². The molecule has 1 aromatic rings. The molecule has 1 aromatic carbocycles. The average molecular weight is 277 g/mol. The largest absolute Gasteiger partial charge is 0.481 e. The van der Waals surface area contributed by atoms with Gasteiger partial charge in [0.05, 0.1) is 18.6 Å². The Morgan fingerprint density at radius 2 is 2.25 bits per heavy atom. The Hall–Kier alpha value is -1.39. The molecule has 2 atom stereocenters. The Labute approximate surface area is 120 Å². The summed E-state index contributed by atoms with van der Waals surface area (Å²) >= 11 is 0. The Kier molecular flexibility index (Phi) is 5.15. The standard InChI is InChI=1S/C16H23NO3/c1-3-17(10-12(2)16(18)19)11-15-14-7-5-4-6-13(14)8-9-20-15/h4-7,12,15H,3,8-11H2,1-2H3,(H,18,19). The lowest BCUT2D eigenvalue weighted by Crippen LogP contribution is -2.36. The second-order valence-electron chi connectivity index (χ2n) is 5.40. The molecule has 0 aliphatic carbocycles. The Bertz CT molecular complexity index is 461. The van der Waals surface area contributed by atoms with Gasteiger partial charge in [0.1, 0.15) is 0 Å². The van der Waals surface area contributed by atoms with E-state index in [-0.39, 0.29) is 12.0 Å². The SMILES string of the molecule is CCN(CC(C)C(=O)O)CC1OCCc2ccccc21. The Morgan fingerprint density at radius 1 is 1.50 bits per heavy atom. The van der Waals surface area contributed by atoms with E-state index < -0.39 is 5.97 Å². The molecule has 1 aliphatic rings. The van der Waals surface area contributed by atoms with Gasteiger partial charge in [-0.3, -0.25) is 9.69 Å². The number of likely N-dealkylation sites (N-methyl/N-ethyl adjacent to an activating group) is 1. The van der Waals surface area contributed by atoms with Crippen LogP contribution in [0.5, 0.6) is 0 Å². The van der Waals surface area contributed by atoms with Crippen molar-refractivity contribution in [3.8, 4) is 0 Å². The molecule has 1 N–H and O–H groups in total. The van der Waals surface area contributed by atoms with Gasteiger partial charge in [-0.1, -0.05) is 38.1 Å². The molecular weight excluding hydrogens is 254 g/mol. The van der Waals surface area contributed by atoms with E-state index >= 15 is 0 Å². The van der Waals surface area contributed by atoms with Crippen molar-refractivity contribution in [2.24, 2.45) is 5.92 Å². The highest BCUT2D eigenvalue weighted by molar-refractivity contribution is 5.69. The molecule has 0 saturated carbocycles. The highest BCUT2D eigenvalue weighted by Crippen LogP contribution is 2.27. The van der Waals surface area contributed by atoms with Crippen LogP contribution in [0.2, 0.25) is 0 Å². The van der Waals surface area contributed by atoms with Crippen molar-refractivity contribution in [1.29, 1.82) is 0 Å². The second-order valence-corrected chi connectivity index (χ2v) is 5.40. The van der Waals surface area contributed by atoms with Gasteiger partial charge in [-0.25, -0.2) is 0 Å². The van der Waals surface area contributed by atoms with E-state index in [9.17, 15) is 4.79 Å². The summed E-state index contributed by atoms with van der Waals surface area (Å²) in [5.74, 6) is -1.10. The van der Waals surface area contributed by atoms with Gasteiger partial charge in [-0.15, -0.1) is 0 Å². The molecular formula is C16H23NO3. The fourth-order valence-corrected chi connectivity index (χ4v) is 2.66. The number of benzene rings is 1. The van der Waals surface area contributed by atoms with E-state index in [1.54, 1.807) is 6.92 Å². The van der Waals surface area contributed by atoms with Crippen LogP contribution in [0.1, 0.15) is 31.1 Å². The van der Waals surface area contributed by atoms with E-state index in [4.69, 9.17) is 9.84 Å². The maximum Gasteiger partial charge on any atom is 0.307 e. The van der Waals surface area contributed by atoms with Gasteiger partial charge in [0.15, 0.2) is 0 Å². The van der Waals surface area contributed by atoms with E-state index in [1.165, 1.54) is 11.1 Å². The number of carboxylic acid groups (broad SMARTS) is 1. The summed E-state index contributed by atoms with van der Waals surface area (Å²) in [6.45, 7) is 6.70. The molecule has 4 heteroatoms. The number of hydrogen-bond donors (Lipinski definition) is 1. The third kappa shape index (κ3) is 3.58. The highest BCUT2D eigenvalue weighted by atomic mass is 16.5. The zero-order valence-electron chi connectivity index (χ0n) is 12.2. The average Bonchev–Trinajstić information content (AvgIpc) is 2.46. The van der Waals surface area contributed by atoms with Crippen LogP contribution in [0, 0.1) is 5.92 Å². The fraction of sp³-hybridized carbons (Fsp3) is 0.562. The first-order valence-electron chi connectivity index (χ1n) is 7.26. The van der Waals surface area contributed by atoms with Crippen molar-refractivity contribution in [2.45, 2.75) is 26.4 Å². The lowest BCUT2D eigenvalue weighted by molar-refractivity contribution is -0.141. The smallest absolute Gasteiger partial charge is 0.307 e. The highest BCUT2D eigenvalue weighted by Gasteiger charge is 2.24. The van der Waals surface area contributed by atoms with Gasteiger partial charge in [0.2, 0.25) is 0 Å². The molecule has 0 amide bonds. The first kappa shape index (κ1) is 15.0. The molecule has 0 aromatic heterocycles. The van der Waals surface area contributed by atoms with Crippen LogP contribution in [-0.4, -0.2) is 42.2 Å². The molecule has 0 spiro atoms. The number of fused-ring (bicyclic) bond motifs is 1. The molecule has 2 unspecified atom stereocenters. The number of carbonyl (C=O) groups is 1. The molecule has 1 heterocycles. The summed E-state index contributed by atoms with van der Waals surface area (Å²) in [5, 5.41) is 9.03. The van der Waals surface area contributed by atoms with Gasteiger partial charge in [-0.2, -0.15) is 0 Å². The van der Waals surface area contributed by atoms with Crippen LogP contribution in [0.4, 0.5) is 0 Å². The minimum atomic E-state index is -0.742. The zero-order chi connectivity index (χ0) is 14.5. The lowest BCUT2D eigenvalue weighted by atomic mass is 9.97. The van der Waals surface area contributed by atoms with Gasteiger partial charge in [0.25, 0.3) is 0 Å². The van der Waals surface area contributed by atoms with Gasteiger partial charge in [0, 0.05) is 13.1 Å². The van der Waals surface area contributed by atoms with Crippen molar-refractivity contribution >= 4 is 5.97 Å². The summed E-state index contributed by atoms with van der Waals surface area (Å²) in [7, 11) is 0. The molecule has 1 aliphatic heterocycles. The third-order valence-electron chi connectivity index (χ3n) is 3.92. The predicted molar refractivity (Wildman–Crippen MR) is 77.8 cm³/mol. The van der Waals surface area contributed by atoms with Crippen LogP contribution in [0.15, 0.2) is 24.3 Å². The lowest BCUT2D eigenvalue weighted by Gasteiger charge is -2.31. The van der Waals surface area contributed by atoms with E-state index in [0.29, 0.717) is 6.54 Å². The first-order chi connectivity index (χ1) is 9.61. The Morgan fingerprint density at radius 3 is 2.95 bits per heavy atom. The zero-order valence-corrected chi connectivity index (χ0v) is 12.2. The maximum atomic E-state index is 11.0. The number of nitrogens with zero attached hydrogens (tertiary/aromatic N) is 1. The molecule has 0 bridgehead atoms. The van der Waals surface area contributed by atoms with Crippen LogP contribution in [-0.2, 0) is 16.0 Å². The molecule has 0 saturated heterocycles. The predicted octanol–water partition coefficient (Wildman–Crippen LogP) is 2.34. The minimum Gasteiger partial charge on any atom is -0.481 e. The number of carboxylic acids is 1. The fourth-order valence-electron chi connectivity index (χ4n) is 2.66. The molecule has 4 nitrogen and oxygen atoms in total. The van der Waals surface area contributed by atoms with Crippen molar-refractivity contribution in [1.82, 2.24) is 4.90 Å². The normalized spacial score (nSPS) is 19.6. The Balaban J connectivity index is 2.03. The number of aliphatic carboxylic acids is 1. The van der Waals surface area contributed by atoms with Crippen molar-refractivity contribution in [2.75, 3.05) is 26.2 Å².